The zero-order valence-corrected chi connectivity index (χ0v) is 18.3. The van der Waals surface area contributed by atoms with Crippen LogP contribution in [0.5, 0.6) is 11.5 Å². The minimum atomic E-state index is -3.70. The zero-order valence-electron chi connectivity index (χ0n) is 16.7. The van der Waals surface area contributed by atoms with Crippen molar-refractivity contribution in [1.82, 2.24) is 9.21 Å². The Hall–Kier alpha value is -1.85. The number of sulfonamides is 1. The molecular weight excluding hydrogens is 432 g/mol. The predicted octanol–water partition coefficient (Wildman–Crippen LogP) is 0.506. The standard InChI is InChI=1S/C19H26N2O7S2/c22-19(20-8-12-29(23,24)13-9-20)15-4-6-21(7-5-15)30(25,26)16-2-3-17-18(14-16)28-11-1-10-27-17/h2-3,14-15H,1,4-13H2. The van der Waals surface area contributed by atoms with E-state index in [9.17, 15) is 21.6 Å². The lowest BCUT2D eigenvalue weighted by Crippen LogP contribution is -2.49. The van der Waals surface area contributed by atoms with Crippen LogP contribution in [0.3, 0.4) is 0 Å². The topological polar surface area (TPSA) is 110 Å². The quantitative estimate of drug-likeness (QED) is 0.649. The molecule has 0 N–H and O–H groups in total. The van der Waals surface area contributed by atoms with Crippen molar-refractivity contribution < 1.29 is 31.1 Å². The number of sulfone groups is 1. The SMILES string of the molecule is O=C(C1CCN(S(=O)(=O)c2ccc3c(c2)OCCCO3)CC1)N1CCS(=O)(=O)CC1. The second-order valence-corrected chi connectivity index (χ2v) is 12.1. The molecular formula is C19H26N2O7S2. The van der Waals surface area contributed by atoms with Crippen molar-refractivity contribution >= 4 is 25.8 Å². The Morgan fingerprint density at radius 2 is 1.60 bits per heavy atom. The van der Waals surface area contributed by atoms with Gasteiger partial charge < -0.3 is 14.4 Å². The molecule has 0 aromatic heterocycles. The highest BCUT2D eigenvalue weighted by Gasteiger charge is 2.35. The van der Waals surface area contributed by atoms with E-state index in [0.717, 1.165) is 6.42 Å². The van der Waals surface area contributed by atoms with Gasteiger partial charge in [-0.3, -0.25) is 4.79 Å². The van der Waals surface area contributed by atoms with Gasteiger partial charge in [-0.2, -0.15) is 4.31 Å². The minimum absolute atomic E-state index is 0.00389. The lowest BCUT2D eigenvalue weighted by Gasteiger charge is -2.35. The highest BCUT2D eigenvalue weighted by molar-refractivity contribution is 7.91. The van der Waals surface area contributed by atoms with Crippen molar-refractivity contribution in [2.45, 2.75) is 24.2 Å². The molecule has 3 aliphatic heterocycles. The van der Waals surface area contributed by atoms with Crippen LogP contribution < -0.4 is 9.47 Å². The molecule has 0 bridgehead atoms. The fourth-order valence-electron chi connectivity index (χ4n) is 3.99. The highest BCUT2D eigenvalue weighted by Crippen LogP contribution is 2.34. The Labute approximate surface area is 176 Å². The van der Waals surface area contributed by atoms with Crippen LogP contribution in [0, 0.1) is 5.92 Å². The molecule has 1 aromatic rings. The molecule has 0 aliphatic carbocycles. The van der Waals surface area contributed by atoms with Gasteiger partial charge in [-0.1, -0.05) is 0 Å². The number of hydrogen-bond donors (Lipinski definition) is 0. The molecule has 3 heterocycles. The van der Waals surface area contributed by atoms with E-state index in [4.69, 9.17) is 9.47 Å². The number of rotatable bonds is 3. The molecule has 4 rings (SSSR count). The van der Waals surface area contributed by atoms with E-state index in [-0.39, 0.29) is 54.4 Å². The molecule has 1 aromatic carbocycles. The van der Waals surface area contributed by atoms with E-state index < -0.39 is 19.9 Å². The largest absolute Gasteiger partial charge is 0.490 e. The van der Waals surface area contributed by atoms with Gasteiger partial charge in [0, 0.05) is 44.6 Å². The summed E-state index contributed by atoms with van der Waals surface area (Å²) in [7, 11) is -6.75. The van der Waals surface area contributed by atoms with Crippen molar-refractivity contribution in [3.63, 3.8) is 0 Å². The number of piperidine rings is 1. The average molecular weight is 459 g/mol. The zero-order chi connectivity index (χ0) is 21.4. The third-order valence-corrected chi connectivity index (χ3v) is 9.32. The molecule has 9 nitrogen and oxygen atoms in total. The maximum absolute atomic E-state index is 13.1. The van der Waals surface area contributed by atoms with E-state index in [1.54, 1.807) is 11.0 Å². The molecule has 2 saturated heterocycles. The summed E-state index contributed by atoms with van der Waals surface area (Å²) in [4.78, 5) is 14.5. The lowest BCUT2D eigenvalue weighted by molar-refractivity contribution is -0.136. The third-order valence-electron chi connectivity index (χ3n) is 5.82. The molecule has 166 valence electrons. The molecule has 0 spiro atoms. The number of ether oxygens (including phenoxy) is 2. The third kappa shape index (κ3) is 4.42. The Morgan fingerprint density at radius 3 is 2.27 bits per heavy atom. The smallest absolute Gasteiger partial charge is 0.243 e. The number of benzene rings is 1. The highest BCUT2D eigenvalue weighted by atomic mass is 32.2. The number of nitrogens with zero attached hydrogens (tertiary/aromatic N) is 2. The van der Waals surface area contributed by atoms with Gasteiger partial charge in [0.05, 0.1) is 29.6 Å². The van der Waals surface area contributed by atoms with E-state index >= 15 is 0 Å². The first-order valence-corrected chi connectivity index (χ1v) is 13.4. The summed E-state index contributed by atoms with van der Waals surface area (Å²) in [6.45, 7) is 1.94. The van der Waals surface area contributed by atoms with Crippen LogP contribution >= 0.6 is 0 Å². The molecule has 30 heavy (non-hydrogen) atoms. The summed E-state index contributed by atoms with van der Waals surface area (Å²) >= 11 is 0. The first-order chi connectivity index (χ1) is 14.3. The van der Waals surface area contributed by atoms with Crippen molar-refractivity contribution in [3.05, 3.63) is 18.2 Å². The molecule has 1 amide bonds. The normalized spacial score (nSPS) is 23.0. The maximum atomic E-state index is 13.1. The van der Waals surface area contributed by atoms with Gasteiger partial charge in [0.15, 0.2) is 21.3 Å². The van der Waals surface area contributed by atoms with Crippen LogP contribution in [-0.4, -0.2) is 82.8 Å². The van der Waals surface area contributed by atoms with E-state index in [2.05, 4.69) is 0 Å². The van der Waals surface area contributed by atoms with Gasteiger partial charge in [-0.15, -0.1) is 0 Å². The molecule has 3 aliphatic rings. The molecule has 11 heteroatoms. The van der Waals surface area contributed by atoms with Gasteiger partial charge >= 0.3 is 0 Å². The van der Waals surface area contributed by atoms with Crippen molar-refractivity contribution in [2.75, 3.05) is 50.9 Å². The van der Waals surface area contributed by atoms with E-state index in [1.165, 1.54) is 16.4 Å². The summed E-state index contributed by atoms with van der Waals surface area (Å²) in [5, 5.41) is 0. The van der Waals surface area contributed by atoms with Crippen LogP contribution in [0.25, 0.3) is 0 Å². The van der Waals surface area contributed by atoms with Gasteiger partial charge in [0.25, 0.3) is 0 Å². The molecule has 0 radical (unpaired) electrons. The maximum Gasteiger partial charge on any atom is 0.243 e. The summed E-state index contributed by atoms with van der Waals surface area (Å²) in [6, 6.07) is 4.64. The van der Waals surface area contributed by atoms with E-state index in [0.29, 0.717) is 37.6 Å². The fourth-order valence-corrected chi connectivity index (χ4v) is 6.67. The van der Waals surface area contributed by atoms with Crippen molar-refractivity contribution in [1.29, 1.82) is 0 Å². The van der Waals surface area contributed by atoms with Crippen LogP contribution in [-0.2, 0) is 24.7 Å². The van der Waals surface area contributed by atoms with Gasteiger partial charge in [0.1, 0.15) is 0 Å². The first-order valence-electron chi connectivity index (χ1n) is 10.2. The van der Waals surface area contributed by atoms with Crippen molar-refractivity contribution in [3.8, 4) is 11.5 Å². The summed E-state index contributed by atoms with van der Waals surface area (Å²) in [6.07, 6.45) is 1.58. The van der Waals surface area contributed by atoms with Crippen LogP contribution in [0.2, 0.25) is 0 Å². The Kier molecular flexibility index (Phi) is 5.95. The summed E-state index contributed by atoms with van der Waals surface area (Å²) in [5.74, 6) is 0.614. The molecule has 0 unspecified atom stereocenters. The van der Waals surface area contributed by atoms with Crippen LogP contribution in [0.15, 0.2) is 23.1 Å². The van der Waals surface area contributed by atoms with Crippen molar-refractivity contribution in [2.24, 2.45) is 5.92 Å². The monoisotopic (exact) mass is 458 g/mol. The van der Waals surface area contributed by atoms with Gasteiger partial charge in [-0.05, 0) is 25.0 Å². The number of amides is 1. The predicted molar refractivity (Wildman–Crippen MR) is 109 cm³/mol. The van der Waals surface area contributed by atoms with Gasteiger partial charge in [0.2, 0.25) is 15.9 Å². The molecule has 0 saturated carbocycles. The second-order valence-electron chi connectivity index (χ2n) is 7.81. The fraction of sp³-hybridized carbons (Fsp3) is 0.632. The Morgan fingerprint density at radius 1 is 0.967 bits per heavy atom. The number of carbonyl (C=O) groups excluding carboxylic acids is 1. The number of hydrogen-bond acceptors (Lipinski definition) is 7. The Balaban J connectivity index is 1.40. The van der Waals surface area contributed by atoms with E-state index in [1.807, 2.05) is 0 Å². The molecule has 2 fully saturated rings. The average Bonchev–Trinajstić information content (AvgIpc) is 2.98. The number of carbonyl (C=O) groups is 1. The van der Waals surface area contributed by atoms with Crippen LogP contribution in [0.4, 0.5) is 0 Å². The van der Waals surface area contributed by atoms with Crippen LogP contribution in [0.1, 0.15) is 19.3 Å². The van der Waals surface area contributed by atoms with Gasteiger partial charge in [-0.25, -0.2) is 16.8 Å². The Bertz CT molecular complexity index is 1000. The second kappa shape index (κ2) is 8.35. The molecule has 0 atom stereocenters. The lowest BCUT2D eigenvalue weighted by atomic mass is 9.96. The first kappa shape index (κ1) is 21.4. The summed E-state index contributed by atoms with van der Waals surface area (Å²) < 4.78 is 61.8. The summed E-state index contributed by atoms with van der Waals surface area (Å²) in [5.41, 5.74) is 0. The minimum Gasteiger partial charge on any atom is -0.490 e. The number of fused-ring (bicyclic) bond motifs is 1.